The molecule has 3 aliphatic heterocycles. The SMILES string of the molecule is C=C[C@H]1CN2CC[C@H]1C[C@H]2[C@@H](NC(=O)c1cccc(C(F)(F)F)c1Cl)c1ccnc2ccccc12.Cl. The van der Waals surface area contributed by atoms with E-state index < -0.39 is 28.7 Å². The number of alkyl halides is 3. The van der Waals surface area contributed by atoms with Crippen molar-refractivity contribution in [2.45, 2.75) is 31.1 Å². The molecule has 1 N–H and O–H groups in total. The number of carbonyl (C=O) groups is 1. The second-order valence-corrected chi connectivity index (χ2v) is 9.66. The van der Waals surface area contributed by atoms with Crippen LogP contribution in [0.25, 0.3) is 10.9 Å². The standard InChI is InChI=1S/C27H25ClF3N3O.ClH/c1-2-16-15-34-13-11-17(16)14-23(34)25(19-10-12-32-22-9-4-3-6-18(19)22)33-26(35)20-7-5-8-21(24(20)28)27(29,30)31;/h2-10,12,16-17,23,25H,1,11,13-15H2,(H,33,35);1H/t16-,17-,23-,25-;/m0./s1. The number of aromatic nitrogens is 1. The fourth-order valence-electron chi connectivity index (χ4n) is 5.64. The molecule has 1 aromatic heterocycles. The molecule has 6 rings (SSSR count). The molecule has 0 radical (unpaired) electrons. The number of rotatable bonds is 5. The number of para-hydroxylation sites is 1. The first-order valence-corrected chi connectivity index (χ1v) is 12.0. The number of benzene rings is 2. The van der Waals surface area contributed by atoms with Crippen LogP contribution in [0, 0.1) is 11.8 Å². The fraction of sp³-hybridized carbons (Fsp3) is 0.333. The predicted molar refractivity (Wildman–Crippen MR) is 137 cm³/mol. The summed E-state index contributed by atoms with van der Waals surface area (Å²) in [5, 5.41) is 3.37. The Hall–Kier alpha value is -2.61. The molecule has 2 bridgehead atoms. The van der Waals surface area contributed by atoms with Crippen LogP contribution in [-0.4, -0.2) is 34.9 Å². The van der Waals surface area contributed by atoms with E-state index in [0.29, 0.717) is 11.8 Å². The molecule has 1 unspecified atom stereocenters. The number of amides is 1. The number of pyridine rings is 1. The number of halogens is 5. The Morgan fingerprint density at radius 1 is 1.19 bits per heavy atom. The van der Waals surface area contributed by atoms with Gasteiger partial charge in [-0.15, -0.1) is 19.0 Å². The molecule has 2 aromatic carbocycles. The number of nitrogens with one attached hydrogen (secondary N) is 1. The second kappa shape index (κ2) is 10.4. The van der Waals surface area contributed by atoms with Crippen molar-refractivity contribution in [3.63, 3.8) is 0 Å². The summed E-state index contributed by atoms with van der Waals surface area (Å²) >= 11 is 6.09. The molecule has 1 amide bonds. The van der Waals surface area contributed by atoms with Gasteiger partial charge in [-0.2, -0.15) is 13.2 Å². The minimum absolute atomic E-state index is 0. The smallest absolute Gasteiger partial charge is 0.344 e. The lowest BCUT2D eigenvalue weighted by Crippen LogP contribution is -2.57. The molecule has 0 spiro atoms. The maximum atomic E-state index is 13.4. The molecule has 36 heavy (non-hydrogen) atoms. The van der Waals surface area contributed by atoms with E-state index in [2.05, 4.69) is 21.8 Å². The van der Waals surface area contributed by atoms with Crippen molar-refractivity contribution < 1.29 is 18.0 Å². The molecule has 3 saturated heterocycles. The first-order valence-electron chi connectivity index (χ1n) is 11.6. The lowest BCUT2D eigenvalue weighted by atomic mass is 9.73. The van der Waals surface area contributed by atoms with Crippen molar-refractivity contribution in [2.75, 3.05) is 13.1 Å². The van der Waals surface area contributed by atoms with Gasteiger partial charge in [-0.3, -0.25) is 14.7 Å². The van der Waals surface area contributed by atoms with Crippen LogP contribution in [0.2, 0.25) is 5.02 Å². The van der Waals surface area contributed by atoms with Gasteiger partial charge in [-0.25, -0.2) is 0 Å². The summed E-state index contributed by atoms with van der Waals surface area (Å²) in [7, 11) is 0. The predicted octanol–water partition coefficient (Wildman–Crippen LogP) is 6.70. The zero-order chi connectivity index (χ0) is 24.7. The quantitative estimate of drug-likeness (QED) is 0.370. The van der Waals surface area contributed by atoms with Gasteiger partial charge in [0.2, 0.25) is 0 Å². The molecule has 4 nitrogen and oxygen atoms in total. The summed E-state index contributed by atoms with van der Waals surface area (Å²) in [6.45, 7) is 5.73. The topological polar surface area (TPSA) is 45.2 Å². The normalized spacial score (nSPS) is 24.1. The monoisotopic (exact) mass is 535 g/mol. The zero-order valence-corrected chi connectivity index (χ0v) is 20.9. The number of fused-ring (bicyclic) bond motifs is 4. The van der Waals surface area contributed by atoms with Crippen molar-refractivity contribution in [2.24, 2.45) is 11.8 Å². The van der Waals surface area contributed by atoms with E-state index in [1.165, 1.54) is 12.1 Å². The lowest BCUT2D eigenvalue weighted by molar-refractivity contribution is -0.137. The first-order chi connectivity index (χ1) is 16.8. The van der Waals surface area contributed by atoms with E-state index in [1.807, 2.05) is 36.4 Å². The van der Waals surface area contributed by atoms with Crippen LogP contribution in [0.1, 0.15) is 40.4 Å². The zero-order valence-electron chi connectivity index (χ0n) is 19.3. The Morgan fingerprint density at radius 2 is 1.97 bits per heavy atom. The second-order valence-electron chi connectivity index (χ2n) is 9.28. The molecular formula is C27H26Cl2F3N3O. The highest BCUT2D eigenvalue weighted by atomic mass is 35.5. The third-order valence-corrected chi connectivity index (χ3v) is 7.80. The first kappa shape index (κ1) is 26.5. The van der Waals surface area contributed by atoms with Crippen LogP contribution in [0.4, 0.5) is 13.2 Å². The number of nitrogens with zero attached hydrogens (tertiary/aromatic N) is 2. The number of hydrogen-bond donors (Lipinski definition) is 1. The van der Waals surface area contributed by atoms with Crippen LogP contribution in [0.5, 0.6) is 0 Å². The lowest BCUT2D eigenvalue weighted by Gasteiger charge is -2.51. The van der Waals surface area contributed by atoms with Crippen molar-refractivity contribution in [3.05, 3.63) is 89.1 Å². The molecule has 9 heteroatoms. The summed E-state index contributed by atoms with van der Waals surface area (Å²) in [4.78, 5) is 20.2. The highest BCUT2D eigenvalue weighted by Gasteiger charge is 2.43. The van der Waals surface area contributed by atoms with E-state index in [9.17, 15) is 18.0 Å². The minimum Gasteiger partial charge on any atom is -0.344 e. The number of piperidine rings is 3. The summed E-state index contributed by atoms with van der Waals surface area (Å²) < 4.78 is 40.3. The molecule has 3 aromatic rings. The van der Waals surface area contributed by atoms with Crippen molar-refractivity contribution >= 4 is 40.8 Å². The Bertz CT molecular complexity index is 1280. The van der Waals surface area contributed by atoms with Crippen LogP contribution in [-0.2, 0) is 6.18 Å². The number of hydrogen-bond acceptors (Lipinski definition) is 3. The Kier molecular flexibility index (Phi) is 7.64. The third-order valence-electron chi connectivity index (χ3n) is 7.39. The van der Waals surface area contributed by atoms with Crippen molar-refractivity contribution in [3.8, 4) is 0 Å². The summed E-state index contributed by atoms with van der Waals surface area (Å²) in [5.41, 5.74) is 0.470. The van der Waals surface area contributed by atoms with Crippen LogP contribution in [0.3, 0.4) is 0 Å². The molecule has 4 heterocycles. The van der Waals surface area contributed by atoms with Crippen LogP contribution >= 0.6 is 24.0 Å². The third kappa shape index (κ3) is 4.84. The van der Waals surface area contributed by atoms with Gasteiger partial charge in [0.25, 0.3) is 5.91 Å². The molecule has 0 saturated carbocycles. The molecular weight excluding hydrogens is 510 g/mol. The molecule has 190 valence electrons. The van der Waals surface area contributed by atoms with Gasteiger partial charge < -0.3 is 5.32 Å². The minimum atomic E-state index is -4.65. The molecule has 3 fully saturated rings. The van der Waals surface area contributed by atoms with Gasteiger partial charge >= 0.3 is 6.18 Å². The van der Waals surface area contributed by atoms with E-state index in [4.69, 9.17) is 11.6 Å². The van der Waals surface area contributed by atoms with E-state index in [1.54, 1.807) is 6.20 Å². The van der Waals surface area contributed by atoms with Gasteiger partial charge in [0, 0.05) is 24.2 Å². The average molecular weight is 536 g/mol. The number of carbonyl (C=O) groups excluding carboxylic acids is 1. The van der Waals surface area contributed by atoms with Crippen molar-refractivity contribution in [1.29, 1.82) is 0 Å². The highest BCUT2D eigenvalue weighted by molar-refractivity contribution is 6.34. The Balaban J connectivity index is 0.00000304. The highest BCUT2D eigenvalue weighted by Crippen LogP contribution is 2.42. The van der Waals surface area contributed by atoms with Gasteiger partial charge in [0.05, 0.1) is 27.7 Å². The van der Waals surface area contributed by atoms with Crippen LogP contribution < -0.4 is 5.32 Å². The van der Waals surface area contributed by atoms with E-state index in [0.717, 1.165) is 48.5 Å². The van der Waals surface area contributed by atoms with Crippen molar-refractivity contribution in [1.82, 2.24) is 15.2 Å². The largest absolute Gasteiger partial charge is 0.417 e. The Morgan fingerprint density at radius 3 is 2.67 bits per heavy atom. The Labute approximate surface area is 218 Å². The average Bonchev–Trinajstić information content (AvgIpc) is 2.86. The van der Waals surface area contributed by atoms with E-state index in [-0.39, 0.29) is 24.0 Å². The summed E-state index contributed by atoms with van der Waals surface area (Å²) in [6, 6.07) is 12.5. The summed E-state index contributed by atoms with van der Waals surface area (Å²) in [5.74, 6) is 0.213. The maximum Gasteiger partial charge on any atom is 0.417 e. The van der Waals surface area contributed by atoms with Crippen LogP contribution in [0.15, 0.2) is 67.4 Å². The molecule has 5 atom stereocenters. The van der Waals surface area contributed by atoms with Gasteiger partial charge in [-0.1, -0.05) is 41.9 Å². The molecule has 0 aliphatic carbocycles. The summed E-state index contributed by atoms with van der Waals surface area (Å²) in [6.07, 6.45) is 0.975. The van der Waals surface area contributed by atoms with E-state index >= 15 is 0 Å². The van der Waals surface area contributed by atoms with Gasteiger partial charge in [0.15, 0.2) is 0 Å². The van der Waals surface area contributed by atoms with Gasteiger partial charge in [0.1, 0.15) is 0 Å². The maximum absolute atomic E-state index is 13.4. The van der Waals surface area contributed by atoms with Gasteiger partial charge in [-0.05, 0) is 61.1 Å². The fourth-order valence-corrected chi connectivity index (χ4v) is 5.96. The molecule has 3 aliphatic rings.